The molecule has 0 radical (unpaired) electrons. The van der Waals surface area contributed by atoms with Crippen molar-refractivity contribution in [3.8, 4) is 0 Å². The van der Waals surface area contributed by atoms with Crippen LogP contribution in [0.3, 0.4) is 0 Å². The monoisotopic (exact) mass is 283 g/mol. The molecule has 0 bridgehead atoms. The van der Waals surface area contributed by atoms with E-state index < -0.39 is 0 Å². The molecule has 2 aromatic carbocycles. The fourth-order valence-corrected chi connectivity index (χ4v) is 1.95. The van der Waals surface area contributed by atoms with Crippen LogP contribution in [-0.4, -0.2) is 5.78 Å². The topological polar surface area (TPSA) is 29.1 Å². The highest BCUT2D eigenvalue weighted by molar-refractivity contribution is 6.04. The largest absolute Gasteiger partial charge is 0.362 e. The zero-order valence-corrected chi connectivity index (χ0v) is 12.2. The van der Waals surface area contributed by atoms with E-state index in [4.69, 9.17) is 0 Å². The average molecular weight is 283 g/mol. The average Bonchev–Trinajstić information content (AvgIpc) is 2.51. The van der Waals surface area contributed by atoms with Gasteiger partial charge in [-0.25, -0.2) is 4.39 Å². The van der Waals surface area contributed by atoms with Crippen molar-refractivity contribution in [1.29, 1.82) is 0 Å². The first-order valence-electron chi connectivity index (χ1n) is 6.92. The first-order chi connectivity index (χ1) is 10.1. The van der Waals surface area contributed by atoms with Crippen LogP contribution in [-0.2, 0) is 6.42 Å². The van der Waals surface area contributed by atoms with Crippen molar-refractivity contribution in [2.24, 2.45) is 0 Å². The third-order valence-corrected chi connectivity index (χ3v) is 3.29. The molecule has 0 aliphatic heterocycles. The summed E-state index contributed by atoms with van der Waals surface area (Å²) in [5.41, 5.74) is 3.17. The van der Waals surface area contributed by atoms with Crippen molar-refractivity contribution in [3.63, 3.8) is 0 Å². The number of carbonyl (C=O) groups is 1. The number of allylic oxidation sites excluding steroid dienone is 1. The van der Waals surface area contributed by atoms with Gasteiger partial charge in [0, 0.05) is 23.5 Å². The lowest BCUT2D eigenvalue weighted by Crippen LogP contribution is -1.97. The number of aryl methyl sites for hydroxylation is 2. The van der Waals surface area contributed by atoms with Crippen LogP contribution >= 0.6 is 0 Å². The van der Waals surface area contributed by atoms with Gasteiger partial charge in [-0.3, -0.25) is 4.79 Å². The molecule has 0 saturated heterocycles. The first kappa shape index (κ1) is 15.0. The van der Waals surface area contributed by atoms with Gasteiger partial charge in [-0.15, -0.1) is 0 Å². The Labute approximate surface area is 124 Å². The number of carbonyl (C=O) groups excluding carboxylic acids is 1. The molecular formula is C18H18FNO. The lowest BCUT2D eigenvalue weighted by molar-refractivity contribution is 0.104. The van der Waals surface area contributed by atoms with E-state index >= 15 is 0 Å². The summed E-state index contributed by atoms with van der Waals surface area (Å²) in [6, 6.07) is 12.3. The van der Waals surface area contributed by atoms with E-state index in [1.54, 1.807) is 25.3 Å². The predicted octanol–water partition coefficient (Wildman–Crippen LogP) is 4.51. The molecule has 2 rings (SSSR count). The second-order valence-corrected chi connectivity index (χ2v) is 4.86. The smallest absolute Gasteiger partial charge is 0.187 e. The minimum absolute atomic E-state index is 0.0658. The SMILES string of the molecule is CCc1ccc(C(=O)C=CNc2ccc(F)c(C)c2)cc1. The molecule has 2 nitrogen and oxygen atoms in total. The third-order valence-electron chi connectivity index (χ3n) is 3.29. The fourth-order valence-electron chi connectivity index (χ4n) is 1.95. The van der Waals surface area contributed by atoms with E-state index in [9.17, 15) is 9.18 Å². The number of benzene rings is 2. The normalized spacial score (nSPS) is 10.8. The van der Waals surface area contributed by atoms with Crippen LogP contribution in [0, 0.1) is 12.7 Å². The predicted molar refractivity (Wildman–Crippen MR) is 84.1 cm³/mol. The summed E-state index contributed by atoms with van der Waals surface area (Å²) in [5, 5.41) is 2.97. The van der Waals surface area contributed by atoms with Gasteiger partial charge in [0.2, 0.25) is 0 Å². The first-order valence-corrected chi connectivity index (χ1v) is 6.92. The van der Waals surface area contributed by atoms with Gasteiger partial charge in [-0.1, -0.05) is 31.2 Å². The Kier molecular flexibility index (Phi) is 4.88. The number of hydrogen-bond acceptors (Lipinski definition) is 2. The quantitative estimate of drug-likeness (QED) is 0.646. The maximum atomic E-state index is 13.1. The van der Waals surface area contributed by atoms with Crippen molar-refractivity contribution < 1.29 is 9.18 Å². The third kappa shape index (κ3) is 4.02. The van der Waals surface area contributed by atoms with Crippen molar-refractivity contribution in [1.82, 2.24) is 0 Å². The fraction of sp³-hybridized carbons (Fsp3) is 0.167. The molecule has 3 heteroatoms. The second kappa shape index (κ2) is 6.84. The molecular weight excluding hydrogens is 265 g/mol. The van der Waals surface area contributed by atoms with Crippen LogP contribution < -0.4 is 5.32 Å². The zero-order valence-electron chi connectivity index (χ0n) is 12.2. The highest BCUT2D eigenvalue weighted by Gasteiger charge is 2.01. The second-order valence-electron chi connectivity index (χ2n) is 4.86. The zero-order chi connectivity index (χ0) is 15.2. The molecule has 108 valence electrons. The Hall–Kier alpha value is -2.42. The molecule has 0 spiro atoms. The molecule has 0 aliphatic rings. The van der Waals surface area contributed by atoms with Crippen LogP contribution in [0.5, 0.6) is 0 Å². The van der Waals surface area contributed by atoms with E-state index in [1.165, 1.54) is 17.7 Å². The minimum Gasteiger partial charge on any atom is -0.362 e. The Balaban J connectivity index is 1.99. The van der Waals surface area contributed by atoms with Gasteiger partial charge in [0.15, 0.2) is 5.78 Å². The van der Waals surface area contributed by atoms with Gasteiger partial charge in [0.05, 0.1) is 0 Å². The molecule has 0 unspecified atom stereocenters. The van der Waals surface area contributed by atoms with Crippen LogP contribution in [0.4, 0.5) is 10.1 Å². The molecule has 0 atom stereocenters. The molecule has 21 heavy (non-hydrogen) atoms. The number of anilines is 1. The highest BCUT2D eigenvalue weighted by atomic mass is 19.1. The lowest BCUT2D eigenvalue weighted by Gasteiger charge is -2.03. The van der Waals surface area contributed by atoms with Crippen molar-refractivity contribution in [3.05, 3.63) is 77.2 Å². The van der Waals surface area contributed by atoms with Gasteiger partial charge < -0.3 is 5.32 Å². The number of ketones is 1. The summed E-state index contributed by atoms with van der Waals surface area (Å²) in [6.07, 6.45) is 4.00. The Morgan fingerprint density at radius 3 is 2.52 bits per heavy atom. The Morgan fingerprint density at radius 1 is 1.19 bits per heavy atom. The van der Waals surface area contributed by atoms with Gasteiger partial charge in [0.1, 0.15) is 5.82 Å². The van der Waals surface area contributed by atoms with Crippen molar-refractivity contribution in [2.45, 2.75) is 20.3 Å². The maximum absolute atomic E-state index is 13.1. The van der Waals surface area contributed by atoms with Gasteiger partial charge in [-0.2, -0.15) is 0 Å². The standard InChI is InChI=1S/C18H18FNO/c1-3-14-4-6-15(7-5-14)18(21)10-11-20-16-8-9-17(19)13(2)12-16/h4-12,20H,3H2,1-2H3. The summed E-state index contributed by atoms with van der Waals surface area (Å²) in [6.45, 7) is 3.77. The van der Waals surface area contributed by atoms with Crippen LogP contribution in [0.25, 0.3) is 0 Å². The number of hydrogen-bond donors (Lipinski definition) is 1. The molecule has 1 N–H and O–H groups in total. The molecule has 0 fully saturated rings. The summed E-state index contributed by atoms with van der Waals surface area (Å²) in [7, 11) is 0. The van der Waals surface area contributed by atoms with Gasteiger partial charge in [0.25, 0.3) is 0 Å². The Bertz CT molecular complexity index is 659. The number of rotatable bonds is 5. The van der Waals surface area contributed by atoms with E-state index in [2.05, 4.69) is 12.2 Å². The maximum Gasteiger partial charge on any atom is 0.187 e. The number of nitrogens with one attached hydrogen (secondary N) is 1. The van der Waals surface area contributed by atoms with Gasteiger partial charge in [-0.05, 0) is 42.7 Å². The summed E-state index contributed by atoms with van der Waals surface area (Å²) in [4.78, 5) is 12.0. The molecule has 0 aromatic heterocycles. The van der Waals surface area contributed by atoms with Crippen LogP contribution in [0.1, 0.15) is 28.4 Å². The van der Waals surface area contributed by atoms with Crippen LogP contribution in [0.15, 0.2) is 54.7 Å². The van der Waals surface area contributed by atoms with E-state index in [0.29, 0.717) is 11.1 Å². The summed E-state index contributed by atoms with van der Waals surface area (Å²) in [5.74, 6) is -0.305. The lowest BCUT2D eigenvalue weighted by atomic mass is 10.1. The summed E-state index contributed by atoms with van der Waals surface area (Å²) < 4.78 is 13.1. The molecule has 0 heterocycles. The van der Waals surface area contributed by atoms with E-state index in [-0.39, 0.29) is 11.6 Å². The van der Waals surface area contributed by atoms with E-state index in [1.807, 2.05) is 24.3 Å². The van der Waals surface area contributed by atoms with Gasteiger partial charge >= 0.3 is 0 Å². The van der Waals surface area contributed by atoms with E-state index in [0.717, 1.165) is 12.1 Å². The number of halogens is 1. The van der Waals surface area contributed by atoms with Crippen molar-refractivity contribution >= 4 is 11.5 Å². The van der Waals surface area contributed by atoms with Crippen LogP contribution in [0.2, 0.25) is 0 Å². The molecule has 0 aliphatic carbocycles. The highest BCUT2D eigenvalue weighted by Crippen LogP contribution is 2.13. The molecule has 2 aromatic rings. The van der Waals surface area contributed by atoms with Crippen molar-refractivity contribution in [2.75, 3.05) is 5.32 Å². The molecule has 0 amide bonds. The molecule has 0 saturated carbocycles. The summed E-state index contributed by atoms with van der Waals surface area (Å²) >= 11 is 0. The Morgan fingerprint density at radius 2 is 1.90 bits per heavy atom. The minimum atomic E-state index is -0.239.